The van der Waals surface area contributed by atoms with Crippen molar-refractivity contribution in [3.8, 4) is 11.5 Å². The summed E-state index contributed by atoms with van der Waals surface area (Å²) in [6.45, 7) is 6.70. The molecule has 0 radical (unpaired) electrons. The third-order valence-electron chi connectivity index (χ3n) is 6.27. The van der Waals surface area contributed by atoms with Crippen molar-refractivity contribution >= 4 is 5.91 Å². The van der Waals surface area contributed by atoms with Crippen LogP contribution in [0.25, 0.3) is 0 Å². The van der Waals surface area contributed by atoms with Gasteiger partial charge < -0.3 is 24.4 Å². The fourth-order valence-electron chi connectivity index (χ4n) is 4.22. The average molecular weight is 447 g/mol. The molecular weight excluding hydrogens is 404 g/mol. The van der Waals surface area contributed by atoms with Gasteiger partial charge in [-0.15, -0.1) is 6.58 Å². The van der Waals surface area contributed by atoms with E-state index in [4.69, 9.17) is 14.2 Å². The zero-order valence-electron chi connectivity index (χ0n) is 20.2. The number of benzene rings is 1. The fourth-order valence-corrected chi connectivity index (χ4v) is 4.22. The van der Waals surface area contributed by atoms with Crippen LogP contribution in [0.15, 0.2) is 30.9 Å². The minimum absolute atomic E-state index is 0.0225. The number of amides is 1. The Kier molecular flexibility index (Phi) is 12.2. The zero-order chi connectivity index (χ0) is 23.2. The molecule has 0 unspecified atom stereocenters. The van der Waals surface area contributed by atoms with Gasteiger partial charge in [0.2, 0.25) is 0 Å². The molecule has 1 saturated carbocycles. The second-order valence-corrected chi connectivity index (χ2v) is 8.53. The van der Waals surface area contributed by atoms with Crippen LogP contribution in [0.5, 0.6) is 11.5 Å². The number of methoxy groups -OCH3 is 2. The van der Waals surface area contributed by atoms with Crippen molar-refractivity contribution in [3.63, 3.8) is 0 Å². The number of carbonyl (C=O) groups is 1. The lowest BCUT2D eigenvalue weighted by Gasteiger charge is -2.34. The summed E-state index contributed by atoms with van der Waals surface area (Å²) < 4.78 is 16.7. The maximum absolute atomic E-state index is 13.0. The van der Waals surface area contributed by atoms with E-state index in [0.29, 0.717) is 23.2 Å². The molecule has 6 nitrogen and oxygen atoms in total. The van der Waals surface area contributed by atoms with E-state index >= 15 is 0 Å². The van der Waals surface area contributed by atoms with Crippen LogP contribution in [0.4, 0.5) is 0 Å². The second-order valence-electron chi connectivity index (χ2n) is 8.53. The minimum Gasteiger partial charge on any atom is -0.493 e. The summed E-state index contributed by atoms with van der Waals surface area (Å²) in [5.74, 6) is 1.23. The van der Waals surface area contributed by atoms with Gasteiger partial charge in [0.1, 0.15) is 0 Å². The van der Waals surface area contributed by atoms with E-state index < -0.39 is 0 Å². The fraction of sp³-hybridized carbons (Fsp3) is 0.654. The van der Waals surface area contributed by atoms with Gasteiger partial charge in [-0.2, -0.15) is 0 Å². The molecule has 1 amide bonds. The quantitative estimate of drug-likeness (QED) is 0.309. The molecule has 1 N–H and O–H groups in total. The molecule has 0 bridgehead atoms. The van der Waals surface area contributed by atoms with E-state index in [2.05, 4.69) is 11.9 Å². The molecule has 0 aliphatic heterocycles. The largest absolute Gasteiger partial charge is 0.493 e. The summed E-state index contributed by atoms with van der Waals surface area (Å²) in [6.07, 6.45) is 12.1. The highest BCUT2D eigenvalue weighted by molar-refractivity contribution is 5.95. The molecule has 0 spiro atoms. The van der Waals surface area contributed by atoms with Crippen LogP contribution in [-0.2, 0) is 4.74 Å². The summed E-state index contributed by atoms with van der Waals surface area (Å²) in [5, 5.41) is 3.43. The van der Waals surface area contributed by atoms with Crippen LogP contribution in [0, 0.1) is 0 Å². The van der Waals surface area contributed by atoms with Gasteiger partial charge in [0.05, 0.1) is 20.3 Å². The number of unbranched alkanes of at least 4 members (excludes halogenated alkanes) is 3. The van der Waals surface area contributed by atoms with E-state index in [9.17, 15) is 4.79 Å². The Morgan fingerprint density at radius 2 is 1.78 bits per heavy atom. The number of nitrogens with zero attached hydrogens (tertiary/aromatic N) is 1. The Morgan fingerprint density at radius 3 is 2.47 bits per heavy atom. The smallest absolute Gasteiger partial charge is 0.253 e. The molecule has 32 heavy (non-hydrogen) atoms. The molecule has 1 aromatic carbocycles. The van der Waals surface area contributed by atoms with Crippen molar-refractivity contribution in [1.82, 2.24) is 10.2 Å². The van der Waals surface area contributed by atoms with E-state index in [-0.39, 0.29) is 11.9 Å². The van der Waals surface area contributed by atoms with Gasteiger partial charge in [-0.1, -0.05) is 18.9 Å². The van der Waals surface area contributed by atoms with Crippen LogP contribution in [0.2, 0.25) is 0 Å². The molecule has 1 aliphatic rings. The van der Waals surface area contributed by atoms with Crippen LogP contribution < -0.4 is 14.8 Å². The van der Waals surface area contributed by atoms with Gasteiger partial charge >= 0.3 is 0 Å². The molecule has 0 atom stereocenters. The van der Waals surface area contributed by atoms with Crippen molar-refractivity contribution < 1.29 is 19.0 Å². The lowest BCUT2D eigenvalue weighted by molar-refractivity contribution is 0.00910. The Bertz CT molecular complexity index is 686. The first-order chi connectivity index (χ1) is 15.6. The highest BCUT2D eigenvalue weighted by Gasteiger charge is 2.27. The lowest BCUT2D eigenvalue weighted by atomic mass is 9.91. The van der Waals surface area contributed by atoms with Crippen molar-refractivity contribution in [2.24, 2.45) is 0 Å². The van der Waals surface area contributed by atoms with Gasteiger partial charge in [0, 0.05) is 25.3 Å². The molecule has 0 heterocycles. The Hall–Kier alpha value is -2.05. The minimum atomic E-state index is 0.0225. The maximum Gasteiger partial charge on any atom is 0.253 e. The number of ether oxygens (including phenoxy) is 3. The molecule has 1 aromatic rings. The number of carbonyl (C=O) groups excluding carboxylic acids is 1. The first-order valence-electron chi connectivity index (χ1n) is 12.0. The third-order valence-corrected chi connectivity index (χ3v) is 6.27. The van der Waals surface area contributed by atoms with Crippen LogP contribution in [0.3, 0.4) is 0 Å². The highest BCUT2D eigenvalue weighted by atomic mass is 16.5. The molecular formula is C26H42N2O4. The van der Waals surface area contributed by atoms with E-state index in [1.165, 1.54) is 19.3 Å². The molecule has 0 aromatic heterocycles. The summed E-state index contributed by atoms with van der Waals surface area (Å²) in [5.41, 5.74) is 0.624. The van der Waals surface area contributed by atoms with Crippen molar-refractivity contribution in [3.05, 3.63) is 36.4 Å². The highest BCUT2D eigenvalue weighted by Crippen LogP contribution is 2.30. The van der Waals surface area contributed by atoms with Crippen molar-refractivity contribution in [2.45, 2.75) is 69.9 Å². The van der Waals surface area contributed by atoms with Crippen molar-refractivity contribution in [2.75, 3.05) is 41.0 Å². The Balaban J connectivity index is 1.63. The zero-order valence-corrected chi connectivity index (χ0v) is 20.2. The molecule has 2 rings (SSSR count). The van der Waals surface area contributed by atoms with Crippen molar-refractivity contribution in [1.29, 1.82) is 0 Å². The van der Waals surface area contributed by atoms with E-state index in [1.54, 1.807) is 32.4 Å². The summed E-state index contributed by atoms with van der Waals surface area (Å²) in [7, 11) is 5.08. The SMILES string of the molecule is C=CCCNCCCCCCO[C@H]1CC[C@H](N(C)C(=O)c2ccc(OC)c(OC)c2)CC1. The van der Waals surface area contributed by atoms with Gasteiger partial charge in [-0.05, 0) is 76.2 Å². The van der Waals surface area contributed by atoms with Gasteiger partial charge in [-0.3, -0.25) is 4.79 Å². The van der Waals surface area contributed by atoms with Gasteiger partial charge in [0.15, 0.2) is 11.5 Å². The molecule has 1 fully saturated rings. The number of rotatable bonds is 15. The second kappa shape index (κ2) is 14.9. The Morgan fingerprint density at radius 1 is 1.06 bits per heavy atom. The molecule has 6 heteroatoms. The molecule has 1 aliphatic carbocycles. The first kappa shape index (κ1) is 26.2. The summed E-state index contributed by atoms with van der Waals surface area (Å²) in [4.78, 5) is 14.8. The van der Waals surface area contributed by atoms with E-state index in [0.717, 1.165) is 58.2 Å². The summed E-state index contributed by atoms with van der Waals surface area (Å²) >= 11 is 0. The topological polar surface area (TPSA) is 60.0 Å². The lowest BCUT2D eigenvalue weighted by Crippen LogP contribution is -2.40. The van der Waals surface area contributed by atoms with Gasteiger partial charge in [0.25, 0.3) is 5.91 Å². The van der Waals surface area contributed by atoms with Gasteiger partial charge in [-0.25, -0.2) is 0 Å². The predicted molar refractivity (Wildman–Crippen MR) is 130 cm³/mol. The molecule has 0 saturated heterocycles. The third kappa shape index (κ3) is 8.47. The monoisotopic (exact) mass is 446 g/mol. The van der Waals surface area contributed by atoms with Crippen LogP contribution >= 0.6 is 0 Å². The summed E-state index contributed by atoms with van der Waals surface area (Å²) in [6, 6.07) is 5.59. The average Bonchev–Trinajstić information content (AvgIpc) is 2.84. The van der Waals surface area contributed by atoms with Crippen LogP contribution in [-0.4, -0.2) is 63.9 Å². The number of hydrogen-bond donors (Lipinski definition) is 1. The Labute approximate surface area is 194 Å². The number of nitrogens with one attached hydrogen (secondary N) is 1. The first-order valence-corrected chi connectivity index (χ1v) is 12.0. The normalized spacial score (nSPS) is 18.2. The standard InChI is InChI=1S/C26H42N2O4/c1-5-6-17-27-18-9-7-8-10-19-32-23-14-12-22(13-15-23)28(2)26(29)21-11-16-24(30-3)25(20-21)31-4/h5,11,16,20,22-23,27H,1,6-10,12-15,17-19H2,2-4H3/t22-,23-. The number of hydrogen-bond acceptors (Lipinski definition) is 5. The maximum atomic E-state index is 13.0. The predicted octanol–water partition coefficient (Wildman–Crippen LogP) is 4.83. The van der Waals surface area contributed by atoms with E-state index in [1.807, 2.05) is 18.0 Å². The van der Waals surface area contributed by atoms with Crippen LogP contribution in [0.1, 0.15) is 68.1 Å². The molecule has 180 valence electrons.